The molecular formula is C38H24. The molecule has 0 aromatic heterocycles. The molecule has 0 heteroatoms. The van der Waals surface area contributed by atoms with Gasteiger partial charge in [-0.15, -0.1) is 0 Å². The summed E-state index contributed by atoms with van der Waals surface area (Å²) in [5.74, 6) is 0. The molecule has 0 radical (unpaired) electrons. The second-order valence-electron chi connectivity index (χ2n) is 10.8. The van der Waals surface area contributed by atoms with Gasteiger partial charge in [-0.2, -0.15) is 0 Å². The van der Waals surface area contributed by atoms with Crippen LogP contribution in [0.5, 0.6) is 0 Å². The topological polar surface area (TPSA) is 0 Å². The Morgan fingerprint density at radius 1 is 0.368 bits per heavy atom. The van der Waals surface area contributed by atoms with Gasteiger partial charge in [-0.25, -0.2) is 0 Å². The summed E-state index contributed by atoms with van der Waals surface area (Å²) in [7, 11) is 0. The normalized spacial score (nSPS) is 14.4. The maximum atomic E-state index is 2.46. The van der Waals surface area contributed by atoms with E-state index < -0.39 is 0 Å². The third kappa shape index (κ3) is 2.37. The zero-order valence-corrected chi connectivity index (χ0v) is 20.9. The lowest BCUT2D eigenvalue weighted by Crippen LogP contribution is -2.25. The Morgan fingerprint density at radius 3 is 1.55 bits per heavy atom. The molecular weight excluding hydrogens is 456 g/mol. The van der Waals surface area contributed by atoms with Crippen molar-refractivity contribution in [3.63, 3.8) is 0 Å². The van der Waals surface area contributed by atoms with E-state index in [1.54, 1.807) is 0 Å². The van der Waals surface area contributed by atoms with Gasteiger partial charge in [-0.05, 0) is 90.4 Å². The van der Waals surface area contributed by atoms with Crippen molar-refractivity contribution in [3.8, 4) is 44.5 Å². The van der Waals surface area contributed by atoms with Crippen LogP contribution in [0.4, 0.5) is 0 Å². The molecule has 9 rings (SSSR count). The molecule has 38 heavy (non-hydrogen) atoms. The monoisotopic (exact) mass is 480 g/mol. The van der Waals surface area contributed by atoms with Crippen LogP contribution >= 0.6 is 0 Å². The molecule has 0 atom stereocenters. The van der Waals surface area contributed by atoms with Gasteiger partial charge in [0.15, 0.2) is 0 Å². The fourth-order valence-electron chi connectivity index (χ4n) is 7.70. The molecule has 0 bridgehead atoms. The van der Waals surface area contributed by atoms with E-state index in [0.717, 1.165) is 6.42 Å². The van der Waals surface area contributed by atoms with E-state index in [1.165, 1.54) is 77.9 Å². The molecule has 0 amide bonds. The molecule has 0 N–H and O–H groups in total. The lowest BCUT2D eigenvalue weighted by molar-refractivity contribution is 0.794. The number of fused-ring (bicyclic) bond motifs is 13. The first-order valence-electron chi connectivity index (χ1n) is 13.5. The van der Waals surface area contributed by atoms with E-state index in [1.807, 2.05) is 0 Å². The van der Waals surface area contributed by atoms with Crippen molar-refractivity contribution < 1.29 is 0 Å². The fourth-order valence-corrected chi connectivity index (χ4v) is 7.70. The third-order valence-corrected chi connectivity index (χ3v) is 9.13. The smallest absolute Gasteiger partial charge is 0.0619 e. The summed E-state index contributed by atoms with van der Waals surface area (Å²) in [5.41, 5.74) is 19.0. The highest BCUT2D eigenvalue weighted by molar-refractivity contribution is 5.97. The van der Waals surface area contributed by atoms with Gasteiger partial charge in [-0.1, -0.05) is 127 Å². The summed E-state index contributed by atoms with van der Waals surface area (Å²) in [5, 5.41) is 0. The van der Waals surface area contributed by atoms with E-state index in [9.17, 15) is 0 Å². The van der Waals surface area contributed by atoms with Crippen molar-refractivity contribution in [2.75, 3.05) is 0 Å². The van der Waals surface area contributed by atoms with Crippen molar-refractivity contribution in [2.24, 2.45) is 0 Å². The fraction of sp³-hybridized carbons (Fsp3) is 0.0526. The molecule has 0 aliphatic heterocycles. The van der Waals surface area contributed by atoms with E-state index in [0.29, 0.717) is 0 Å². The Kier molecular flexibility index (Phi) is 3.87. The van der Waals surface area contributed by atoms with Crippen LogP contribution in [0.15, 0.2) is 133 Å². The minimum absolute atomic E-state index is 0.275. The standard InChI is InChI=1S/C38H24/c1-2-12-27-24(10-1)22-26-11-9-16-28(37(26)27)25-20-21-36-32(23-25)31-15-5-8-19-35(31)38(36)33-17-6-3-13-29(33)30-14-4-7-18-34(30)38/h1-21,23H,22H2. The summed E-state index contributed by atoms with van der Waals surface area (Å²) in [6.45, 7) is 0. The van der Waals surface area contributed by atoms with Gasteiger partial charge in [-0.3, -0.25) is 0 Å². The first-order chi connectivity index (χ1) is 18.9. The molecule has 0 fully saturated rings. The second-order valence-corrected chi connectivity index (χ2v) is 10.8. The van der Waals surface area contributed by atoms with E-state index >= 15 is 0 Å². The quantitative estimate of drug-likeness (QED) is 0.220. The van der Waals surface area contributed by atoms with Gasteiger partial charge < -0.3 is 0 Å². The molecule has 0 saturated heterocycles. The SMILES string of the molecule is c1ccc2c(c1)Cc1cccc(-c3ccc4c(c3)-c3ccccc3C43c4ccccc4-c4ccccc43)c1-2. The van der Waals surface area contributed by atoms with Gasteiger partial charge in [0.2, 0.25) is 0 Å². The van der Waals surface area contributed by atoms with E-state index in [2.05, 4.69) is 133 Å². The number of hydrogen-bond acceptors (Lipinski definition) is 0. The number of rotatable bonds is 1. The van der Waals surface area contributed by atoms with E-state index in [-0.39, 0.29) is 5.41 Å². The molecule has 0 unspecified atom stereocenters. The molecule has 6 aromatic carbocycles. The van der Waals surface area contributed by atoms with Crippen LogP contribution in [0.25, 0.3) is 44.5 Å². The van der Waals surface area contributed by atoms with Crippen LogP contribution in [-0.4, -0.2) is 0 Å². The van der Waals surface area contributed by atoms with Gasteiger partial charge in [0.1, 0.15) is 0 Å². The van der Waals surface area contributed by atoms with Crippen LogP contribution in [-0.2, 0) is 11.8 Å². The molecule has 3 aliphatic rings. The first-order valence-corrected chi connectivity index (χ1v) is 13.5. The van der Waals surface area contributed by atoms with Crippen LogP contribution in [0.3, 0.4) is 0 Å². The van der Waals surface area contributed by atoms with Gasteiger partial charge in [0.05, 0.1) is 5.41 Å². The predicted octanol–water partition coefficient (Wildman–Crippen LogP) is 9.27. The Labute approximate surface area is 222 Å². The maximum absolute atomic E-state index is 2.46. The van der Waals surface area contributed by atoms with Gasteiger partial charge in [0.25, 0.3) is 0 Å². The average Bonchev–Trinajstić information content (AvgIpc) is 3.61. The number of benzene rings is 6. The Hall–Kier alpha value is -4.68. The summed E-state index contributed by atoms with van der Waals surface area (Å²) >= 11 is 0. The minimum atomic E-state index is -0.275. The van der Waals surface area contributed by atoms with Crippen molar-refractivity contribution >= 4 is 0 Å². The molecule has 0 heterocycles. The Balaban J connectivity index is 1.34. The first kappa shape index (κ1) is 20.4. The van der Waals surface area contributed by atoms with Crippen LogP contribution in [0.2, 0.25) is 0 Å². The van der Waals surface area contributed by atoms with Crippen molar-refractivity contribution in [3.05, 3.63) is 167 Å². The molecule has 6 aromatic rings. The molecule has 176 valence electrons. The van der Waals surface area contributed by atoms with Crippen molar-refractivity contribution in [2.45, 2.75) is 11.8 Å². The average molecular weight is 481 g/mol. The lowest BCUT2D eigenvalue weighted by atomic mass is 9.70. The third-order valence-electron chi connectivity index (χ3n) is 9.13. The lowest BCUT2D eigenvalue weighted by Gasteiger charge is -2.30. The summed E-state index contributed by atoms with van der Waals surface area (Å²) in [4.78, 5) is 0. The Morgan fingerprint density at radius 2 is 0.868 bits per heavy atom. The highest BCUT2D eigenvalue weighted by atomic mass is 14.5. The highest BCUT2D eigenvalue weighted by Gasteiger charge is 2.51. The molecule has 1 spiro atoms. The molecule has 0 saturated carbocycles. The maximum Gasteiger partial charge on any atom is 0.0725 e. The predicted molar refractivity (Wildman–Crippen MR) is 156 cm³/mol. The Bertz CT molecular complexity index is 1910. The van der Waals surface area contributed by atoms with Gasteiger partial charge in [0, 0.05) is 0 Å². The summed E-state index contributed by atoms with van der Waals surface area (Å²) in [6.07, 6.45) is 1.02. The van der Waals surface area contributed by atoms with Crippen LogP contribution in [0, 0.1) is 0 Å². The zero-order valence-electron chi connectivity index (χ0n) is 20.9. The summed E-state index contributed by atoms with van der Waals surface area (Å²) in [6, 6.07) is 50.1. The van der Waals surface area contributed by atoms with Crippen molar-refractivity contribution in [1.82, 2.24) is 0 Å². The van der Waals surface area contributed by atoms with E-state index in [4.69, 9.17) is 0 Å². The van der Waals surface area contributed by atoms with Crippen molar-refractivity contribution in [1.29, 1.82) is 0 Å². The number of hydrogen-bond donors (Lipinski definition) is 0. The summed E-state index contributed by atoms with van der Waals surface area (Å²) < 4.78 is 0. The van der Waals surface area contributed by atoms with Gasteiger partial charge >= 0.3 is 0 Å². The zero-order chi connectivity index (χ0) is 24.8. The van der Waals surface area contributed by atoms with Crippen LogP contribution < -0.4 is 0 Å². The van der Waals surface area contributed by atoms with Crippen LogP contribution in [0.1, 0.15) is 33.4 Å². The highest BCUT2D eigenvalue weighted by Crippen LogP contribution is 2.63. The largest absolute Gasteiger partial charge is 0.0725 e. The second kappa shape index (κ2) is 7.21. The minimum Gasteiger partial charge on any atom is -0.0619 e. The molecule has 0 nitrogen and oxygen atoms in total. The molecule has 3 aliphatic carbocycles.